The molecule has 1 aliphatic heterocycles. The van der Waals surface area contributed by atoms with Gasteiger partial charge in [-0.15, -0.1) is 0 Å². The van der Waals surface area contributed by atoms with Crippen molar-refractivity contribution in [2.24, 2.45) is 0 Å². The minimum Gasteiger partial charge on any atom is -0.490 e. The Morgan fingerprint density at radius 2 is 2.10 bits per heavy atom. The highest BCUT2D eigenvalue weighted by Crippen LogP contribution is 2.37. The van der Waals surface area contributed by atoms with E-state index in [1.54, 1.807) is 24.1 Å². The molecule has 1 amide bonds. The number of nitriles is 1. The van der Waals surface area contributed by atoms with Gasteiger partial charge in [0, 0.05) is 18.6 Å². The highest BCUT2D eigenvalue weighted by atomic mass is 35.5. The second kappa shape index (κ2) is 7.16. The van der Waals surface area contributed by atoms with Crippen LogP contribution in [0.25, 0.3) is 0 Å². The lowest BCUT2D eigenvalue weighted by atomic mass is 10.2. The maximum atomic E-state index is 11.9. The van der Waals surface area contributed by atoms with Crippen molar-refractivity contribution in [3.05, 3.63) is 17.2 Å². The van der Waals surface area contributed by atoms with Gasteiger partial charge in [0.2, 0.25) is 5.91 Å². The second-order valence-corrected chi connectivity index (χ2v) is 5.12. The molecule has 0 radical (unpaired) electrons. The smallest absolute Gasteiger partial charge is 0.238 e. The number of ether oxygens (including phenoxy) is 2. The molecule has 1 heterocycles. The number of carbonyl (C=O) groups excluding carboxylic acids is 1. The lowest BCUT2D eigenvalue weighted by Gasteiger charge is -2.15. The van der Waals surface area contributed by atoms with Gasteiger partial charge in [-0.05, 0) is 7.05 Å². The summed E-state index contributed by atoms with van der Waals surface area (Å²) >= 11 is 6.14. The summed E-state index contributed by atoms with van der Waals surface area (Å²) in [6.45, 7) is 1.43. The standard InChI is InChI=1S/C14H16ClN3O3/c1-18(4-3-16)9-14(19)17-11-8-13-12(7-10(11)15)20-5-2-6-21-13/h7-8H,2,4-6,9H2,1H3,(H,17,19). The Kier molecular flexibility index (Phi) is 5.26. The van der Waals surface area contributed by atoms with Crippen molar-refractivity contribution in [2.45, 2.75) is 6.42 Å². The normalized spacial score (nSPS) is 13.4. The van der Waals surface area contributed by atoms with Crippen molar-refractivity contribution in [1.29, 1.82) is 5.26 Å². The van der Waals surface area contributed by atoms with E-state index in [0.717, 1.165) is 6.42 Å². The van der Waals surface area contributed by atoms with Crippen LogP contribution in [0, 0.1) is 11.3 Å². The van der Waals surface area contributed by atoms with Crippen LogP contribution in [0.4, 0.5) is 5.69 Å². The summed E-state index contributed by atoms with van der Waals surface area (Å²) < 4.78 is 11.1. The Morgan fingerprint density at radius 3 is 2.76 bits per heavy atom. The van der Waals surface area contributed by atoms with E-state index in [4.69, 9.17) is 26.3 Å². The third-order valence-corrected chi connectivity index (χ3v) is 3.18. The van der Waals surface area contributed by atoms with Crippen LogP contribution in [0.5, 0.6) is 11.5 Å². The first-order valence-electron chi connectivity index (χ1n) is 6.54. The number of hydrogen-bond donors (Lipinski definition) is 1. The van der Waals surface area contributed by atoms with Crippen molar-refractivity contribution in [3.63, 3.8) is 0 Å². The summed E-state index contributed by atoms with van der Waals surface area (Å²) in [5, 5.41) is 11.7. The number of nitrogens with one attached hydrogen (secondary N) is 1. The van der Waals surface area contributed by atoms with E-state index in [-0.39, 0.29) is 19.0 Å². The molecule has 112 valence electrons. The molecule has 0 aromatic heterocycles. The molecule has 0 spiro atoms. The molecule has 1 N–H and O–H groups in total. The molecule has 0 aliphatic carbocycles. The molecule has 2 rings (SSSR count). The minimum atomic E-state index is -0.246. The van der Waals surface area contributed by atoms with Crippen LogP contribution in [0.2, 0.25) is 5.02 Å². The molecule has 7 heteroatoms. The summed E-state index contributed by atoms with van der Waals surface area (Å²) in [6, 6.07) is 5.27. The highest BCUT2D eigenvalue weighted by molar-refractivity contribution is 6.34. The Morgan fingerprint density at radius 1 is 1.43 bits per heavy atom. The van der Waals surface area contributed by atoms with Crippen LogP contribution < -0.4 is 14.8 Å². The van der Waals surface area contributed by atoms with Crippen LogP contribution >= 0.6 is 11.6 Å². The van der Waals surface area contributed by atoms with Crippen LogP contribution in [0.1, 0.15) is 6.42 Å². The number of fused-ring (bicyclic) bond motifs is 1. The van der Waals surface area contributed by atoms with Gasteiger partial charge in [-0.25, -0.2) is 0 Å². The predicted molar refractivity (Wildman–Crippen MR) is 78.8 cm³/mol. The topological polar surface area (TPSA) is 74.6 Å². The number of benzene rings is 1. The predicted octanol–water partition coefficient (Wildman–Crippen LogP) is 1.90. The van der Waals surface area contributed by atoms with Gasteiger partial charge in [-0.1, -0.05) is 11.6 Å². The summed E-state index contributed by atoms with van der Waals surface area (Å²) in [7, 11) is 1.69. The first-order valence-corrected chi connectivity index (χ1v) is 6.92. The number of carbonyl (C=O) groups is 1. The van der Waals surface area contributed by atoms with Crippen molar-refractivity contribution in [1.82, 2.24) is 4.90 Å². The average Bonchev–Trinajstić information content (AvgIpc) is 2.64. The maximum absolute atomic E-state index is 11.9. The van der Waals surface area contributed by atoms with Gasteiger partial charge in [-0.2, -0.15) is 5.26 Å². The molecule has 1 aromatic rings. The van der Waals surface area contributed by atoms with Crippen molar-refractivity contribution in [3.8, 4) is 17.6 Å². The summed E-state index contributed by atoms with van der Waals surface area (Å²) in [4.78, 5) is 13.5. The number of halogens is 1. The summed E-state index contributed by atoms with van der Waals surface area (Å²) in [6.07, 6.45) is 0.799. The molecule has 0 atom stereocenters. The van der Waals surface area contributed by atoms with E-state index >= 15 is 0 Å². The van der Waals surface area contributed by atoms with Gasteiger partial charge < -0.3 is 14.8 Å². The van der Waals surface area contributed by atoms with Gasteiger partial charge in [0.1, 0.15) is 0 Å². The van der Waals surface area contributed by atoms with Gasteiger partial charge in [0.15, 0.2) is 11.5 Å². The molecular weight excluding hydrogens is 294 g/mol. The second-order valence-electron chi connectivity index (χ2n) is 4.71. The van der Waals surface area contributed by atoms with E-state index in [1.807, 2.05) is 6.07 Å². The van der Waals surface area contributed by atoms with E-state index < -0.39 is 0 Å². The molecule has 21 heavy (non-hydrogen) atoms. The first kappa shape index (κ1) is 15.4. The number of hydrogen-bond acceptors (Lipinski definition) is 5. The molecule has 0 saturated carbocycles. The van der Waals surface area contributed by atoms with E-state index in [9.17, 15) is 4.79 Å². The number of nitrogens with zero attached hydrogens (tertiary/aromatic N) is 2. The fraction of sp³-hybridized carbons (Fsp3) is 0.429. The highest BCUT2D eigenvalue weighted by Gasteiger charge is 2.16. The average molecular weight is 310 g/mol. The molecule has 0 fully saturated rings. The minimum absolute atomic E-state index is 0.109. The number of amides is 1. The van der Waals surface area contributed by atoms with Crippen LogP contribution in [0.15, 0.2) is 12.1 Å². The lowest BCUT2D eigenvalue weighted by molar-refractivity contribution is -0.116. The number of likely N-dealkylation sites (N-methyl/N-ethyl adjacent to an activating group) is 1. The van der Waals surface area contributed by atoms with Crippen LogP contribution in [-0.4, -0.2) is 44.2 Å². The zero-order valence-electron chi connectivity index (χ0n) is 11.7. The Hall–Kier alpha value is -1.97. The first-order chi connectivity index (χ1) is 10.1. The molecule has 0 bridgehead atoms. The lowest BCUT2D eigenvalue weighted by Crippen LogP contribution is -2.30. The van der Waals surface area contributed by atoms with Crippen LogP contribution in [0.3, 0.4) is 0 Å². The van der Waals surface area contributed by atoms with Gasteiger partial charge >= 0.3 is 0 Å². The zero-order valence-corrected chi connectivity index (χ0v) is 12.4. The Balaban J connectivity index is 2.08. The fourth-order valence-electron chi connectivity index (χ4n) is 1.89. The van der Waals surface area contributed by atoms with Gasteiger partial charge in [0.05, 0.1) is 43.1 Å². The number of anilines is 1. The Bertz CT molecular complexity index is 571. The largest absolute Gasteiger partial charge is 0.490 e. The molecule has 0 saturated heterocycles. The third-order valence-electron chi connectivity index (χ3n) is 2.87. The fourth-order valence-corrected chi connectivity index (χ4v) is 2.09. The quantitative estimate of drug-likeness (QED) is 0.860. The van der Waals surface area contributed by atoms with Crippen molar-refractivity contribution in [2.75, 3.05) is 38.7 Å². The summed E-state index contributed by atoms with van der Waals surface area (Å²) in [5.41, 5.74) is 0.469. The monoisotopic (exact) mass is 309 g/mol. The number of rotatable bonds is 4. The maximum Gasteiger partial charge on any atom is 0.238 e. The van der Waals surface area contributed by atoms with Crippen LogP contribution in [-0.2, 0) is 4.79 Å². The molecule has 1 aromatic carbocycles. The van der Waals surface area contributed by atoms with Gasteiger partial charge in [0.25, 0.3) is 0 Å². The van der Waals surface area contributed by atoms with Crippen molar-refractivity contribution >= 4 is 23.2 Å². The van der Waals surface area contributed by atoms with E-state index in [1.165, 1.54) is 0 Å². The Labute approximate surface area is 128 Å². The molecule has 6 nitrogen and oxygen atoms in total. The third kappa shape index (κ3) is 4.25. The van der Waals surface area contributed by atoms with E-state index in [2.05, 4.69) is 5.32 Å². The SMILES string of the molecule is CN(CC#N)CC(=O)Nc1cc2c(cc1Cl)OCCCO2. The summed E-state index contributed by atoms with van der Waals surface area (Å²) in [5.74, 6) is 0.902. The van der Waals surface area contributed by atoms with Gasteiger partial charge in [-0.3, -0.25) is 9.69 Å². The molecule has 0 unspecified atom stereocenters. The van der Waals surface area contributed by atoms with E-state index in [0.29, 0.717) is 35.4 Å². The molecular formula is C14H16ClN3O3. The molecule has 1 aliphatic rings. The zero-order chi connectivity index (χ0) is 15.2. The van der Waals surface area contributed by atoms with Crippen molar-refractivity contribution < 1.29 is 14.3 Å².